The van der Waals surface area contributed by atoms with Gasteiger partial charge in [-0.3, -0.25) is 0 Å². The summed E-state index contributed by atoms with van der Waals surface area (Å²) in [7, 11) is 0. The third-order valence-corrected chi connectivity index (χ3v) is 2.67. The smallest absolute Gasteiger partial charge is 1.00 e. The van der Waals surface area contributed by atoms with Gasteiger partial charge in [0, 0.05) is 0 Å². The largest absolute Gasteiger partial charge is 3.00 e. The Bertz CT molecular complexity index is 184. The minimum Gasteiger partial charge on any atom is -1.00 e. The molecular weight excluding hydrogens is 331 g/mol. The van der Waals surface area contributed by atoms with Gasteiger partial charge in [-0.25, -0.2) is 0 Å². The molecule has 0 N–H and O–H groups in total. The number of hydrogen-bond donors (Lipinski definition) is 0. The van der Waals surface area contributed by atoms with Crippen LogP contribution in [0.5, 0.6) is 0 Å². The van der Waals surface area contributed by atoms with E-state index in [2.05, 4.69) is 48.6 Å². The van der Waals surface area contributed by atoms with Crippen LogP contribution in [0.2, 0.25) is 0 Å². The van der Waals surface area contributed by atoms with E-state index >= 15 is 0 Å². The van der Waals surface area contributed by atoms with Gasteiger partial charge in [-0.1, -0.05) is 48.6 Å². The summed E-state index contributed by atoms with van der Waals surface area (Å²) in [6.45, 7) is 0. The van der Waals surface area contributed by atoms with Gasteiger partial charge in [0.2, 0.25) is 0 Å². The molecule has 0 spiro atoms. The van der Waals surface area contributed by atoms with Crippen LogP contribution in [0.15, 0.2) is 48.6 Å². The van der Waals surface area contributed by atoms with Crippen molar-refractivity contribution in [1.29, 1.82) is 0 Å². The van der Waals surface area contributed by atoms with Crippen molar-refractivity contribution in [1.82, 2.24) is 0 Å². The molecule has 0 aromatic rings. The van der Waals surface area contributed by atoms with Gasteiger partial charge in [-0.15, -0.1) is 0 Å². The minimum atomic E-state index is 0. The molecule has 0 aromatic carbocycles. The molecule has 0 atom stereocenters. The average Bonchev–Trinajstić information content (AvgIpc) is 2.15. The number of allylic oxidation sites excluding steroid dienone is 8. The van der Waals surface area contributed by atoms with Crippen LogP contribution >= 0.6 is 0 Å². The van der Waals surface area contributed by atoms with E-state index in [0.29, 0.717) is 0 Å². The molecule has 0 fully saturated rings. The van der Waals surface area contributed by atoms with Crippen molar-refractivity contribution in [3.8, 4) is 0 Å². The molecule has 0 amide bonds. The molecule has 0 radical (unpaired) electrons. The van der Waals surface area contributed by atoms with E-state index in [9.17, 15) is 0 Å². The Kier molecular flexibility index (Phi) is 18.9. The molecule has 0 saturated heterocycles. The monoisotopic (exact) mass is 354 g/mol. The minimum absolute atomic E-state index is 0. The van der Waals surface area contributed by atoms with Gasteiger partial charge in [0.05, 0.1) is 0 Å². The van der Waals surface area contributed by atoms with E-state index in [4.69, 9.17) is 0 Å². The molecule has 2 aliphatic rings. The summed E-state index contributed by atoms with van der Waals surface area (Å²) in [5.41, 5.74) is 0. The van der Waals surface area contributed by atoms with Crippen molar-refractivity contribution in [2.45, 2.75) is 51.4 Å². The van der Waals surface area contributed by atoms with E-state index < -0.39 is 0 Å². The second-order valence-electron chi connectivity index (χ2n) is 4.20. The van der Waals surface area contributed by atoms with E-state index in [1.807, 2.05) is 0 Å². The molecule has 102 valence electrons. The summed E-state index contributed by atoms with van der Waals surface area (Å²) in [5.74, 6) is 0. The Hall–Kier alpha value is -0.127. The molecule has 0 unspecified atom stereocenters. The molecule has 0 nitrogen and oxygen atoms in total. The summed E-state index contributed by atoms with van der Waals surface area (Å²) < 4.78 is 0. The van der Waals surface area contributed by atoms with Gasteiger partial charge in [0.15, 0.2) is 0 Å². The maximum atomic E-state index is 2.27. The topological polar surface area (TPSA) is 0 Å². The molecule has 0 saturated carbocycles. The van der Waals surface area contributed by atoms with Crippen molar-refractivity contribution in [3.63, 3.8) is 0 Å². The van der Waals surface area contributed by atoms with Crippen molar-refractivity contribution < 1.29 is 31.9 Å². The number of rotatable bonds is 0. The normalized spacial score (nSPS) is 24.9. The van der Waals surface area contributed by atoms with Crippen LogP contribution in [0.3, 0.4) is 0 Å². The third kappa shape index (κ3) is 13.9. The molecule has 2 aliphatic carbocycles. The maximum absolute atomic E-state index is 2.27. The summed E-state index contributed by atoms with van der Waals surface area (Å²) in [6.07, 6.45) is 28.0. The van der Waals surface area contributed by atoms with Crippen molar-refractivity contribution in [2.75, 3.05) is 0 Å². The third-order valence-electron chi connectivity index (χ3n) is 2.67. The molecule has 0 aromatic heterocycles. The van der Waals surface area contributed by atoms with Crippen LogP contribution in [0.25, 0.3) is 0 Å². The molecule has 0 heterocycles. The van der Waals surface area contributed by atoms with Gasteiger partial charge >= 0.3 is 19.5 Å². The second kappa shape index (κ2) is 16.9. The standard InChI is InChI=1S/2C8H12.ClH.Rh/c2*1-2-4-6-8-7-5-3-1;;/h2*1-2,7-8H,3-6H2;1H;/q;;;+3/p-1/b2*2-1-,8-7-;;. The molecule has 2 rings (SSSR count). The summed E-state index contributed by atoms with van der Waals surface area (Å²) >= 11 is 0. The van der Waals surface area contributed by atoms with E-state index in [0.717, 1.165) is 0 Å². The van der Waals surface area contributed by atoms with Crippen LogP contribution in [0.4, 0.5) is 0 Å². The summed E-state index contributed by atoms with van der Waals surface area (Å²) in [6, 6.07) is 0. The molecule has 0 aliphatic heterocycles. The number of halogens is 1. The Morgan fingerprint density at radius 3 is 0.556 bits per heavy atom. The Labute approximate surface area is 131 Å². The first-order chi connectivity index (χ1) is 8.00. The molecule has 0 bridgehead atoms. The quantitative estimate of drug-likeness (QED) is 0.463. The van der Waals surface area contributed by atoms with Crippen molar-refractivity contribution >= 4 is 0 Å². The van der Waals surface area contributed by atoms with E-state index in [-0.39, 0.29) is 31.9 Å². The van der Waals surface area contributed by atoms with Crippen LogP contribution in [0.1, 0.15) is 51.4 Å². The first kappa shape index (κ1) is 20.2. The van der Waals surface area contributed by atoms with Crippen LogP contribution in [0, 0.1) is 0 Å². The Morgan fingerprint density at radius 1 is 0.333 bits per heavy atom. The van der Waals surface area contributed by atoms with E-state index in [1.54, 1.807) is 0 Å². The Morgan fingerprint density at radius 2 is 0.444 bits per heavy atom. The molecule has 18 heavy (non-hydrogen) atoms. The van der Waals surface area contributed by atoms with E-state index in [1.165, 1.54) is 51.4 Å². The first-order valence-corrected chi connectivity index (χ1v) is 6.60. The van der Waals surface area contributed by atoms with Gasteiger partial charge in [0.25, 0.3) is 0 Å². The van der Waals surface area contributed by atoms with Gasteiger partial charge in [-0.05, 0) is 51.4 Å². The van der Waals surface area contributed by atoms with Gasteiger partial charge in [-0.2, -0.15) is 0 Å². The predicted octanol–water partition coefficient (Wildman–Crippen LogP) is 2.35. The van der Waals surface area contributed by atoms with Gasteiger partial charge in [0.1, 0.15) is 0 Å². The Balaban J connectivity index is 0. The predicted molar refractivity (Wildman–Crippen MR) is 73.5 cm³/mol. The zero-order valence-corrected chi connectivity index (χ0v) is 13.4. The second-order valence-corrected chi connectivity index (χ2v) is 4.20. The first-order valence-electron chi connectivity index (χ1n) is 6.60. The van der Waals surface area contributed by atoms with Crippen LogP contribution in [-0.2, 0) is 19.5 Å². The van der Waals surface area contributed by atoms with Gasteiger partial charge < -0.3 is 12.4 Å². The number of hydrogen-bond acceptors (Lipinski definition) is 0. The fraction of sp³-hybridized carbons (Fsp3) is 0.500. The fourth-order valence-electron chi connectivity index (χ4n) is 1.71. The molecular formula is C16H24ClRh+2. The summed E-state index contributed by atoms with van der Waals surface area (Å²) in [5, 5.41) is 0. The SMILES string of the molecule is C1=C\CC/C=C\CC/1.C1=C\CC/C=C\CC/1.[Cl-].[Rh+3]. The molecule has 2 heteroatoms. The zero-order chi connectivity index (χ0) is 11.3. The average molecular weight is 355 g/mol. The maximum Gasteiger partial charge on any atom is 3.00 e. The van der Waals surface area contributed by atoms with Crippen LogP contribution < -0.4 is 12.4 Å². The summed E-state index contributed by atoms with van der Waals surface area (Å²) in [4.78, 5) is 0. The van der Waals surface area contributed by atoms with Crippen molar-refractivity contribution in [3.05, 3.63) is 48.6 Å². The van der Waals surface area contributed by atoms with Crippen molar-refractivity contribution in [2.24, 2.45) is 0 Å². The van der Waals surface area contributed by atoms with Crippen LogP contribution in [-0.4, -0.2) is 0 Å². The zero-order valence-electron chi connectivity index (χ0n) is 11.0. The fourth-order valence-corrected chi connectivity index (χ4v) is 1.71.